The van der Waals surface area contributed by atoms with Gasteiger partial charge in [0.05, 0.1) is 18.1 Å². The molecule has 0 aromatic carbocycles. The van der Waals surface area contributed by atoms with E-state index in [9.17, 15) is 24.6 Å². The molecule has 2 amide bonds. The van der Waals surface area contributed by atoms with E-state index in [1.807, 2.05) is 20.0 Å². The van der Waals surface area contributed by atoms with Gasteiger partial charge in [-0.2, -0.15) is 5.10 Å². The normalized spacial score (nSPS) is 29.2. The summed E-state index contributed by atoms with van der Waals surface area (Å²) >= 11 is 1.42. The van der Waals surface area contributed by atoms with Crippen LogP contribution in [0.15, 0.2) is 35.5 Å². The largest absolute Gasteiger partial charge is 0.477 e. The first-order valence-electron chi connectivity index (χ1n) is 11.3. The third-order valence-electron chi connectivity index (χ3n) is 6.91. The van der Waals surface area contributed by atoms with Gasteiger partial charge in [-0.1, -0.05) is 19.6 Å². The molecular weight excluding hydrogens is 460 g/mol. The second kappa shape index (κ2) is 9.46. The standard InChI is InChI=1S/C23H30N4O6S/c1-5-8-33-23(32)26-11-16(10-15(26)9-14-6-7-24-25(14)4)34-20-12(2)18-17(13(3)28)21(29)27(18)19(20)22(30)31/h5-7,12-13,15-18,28H,1,8-11H2,2-4H3,(H,30,31)/t12-,13-,15-,16+,17-,18-/m1/s1. The molecule has 0 aliphatic carbocycles. The first kappa shape index (κ1) is 24.3. The molecule has 11 heteroatoms. The molecule has 4 heterocycles. The van der Waals surface area contributed by atoms with Gasteiger partial charge in [0.15, 0.2) is 0 Å². The Bertz CT molecular complexity index is 1040. The van der Waals surface area contributed by atoms with Crippen molar-refractivity contribution in [3.63, 3.8) is 0 Å². The van der Waals surface area contributed by atoms with Gasteiger partial charge in [0.1, 0.15) is 12.3 Å². The van der Waals surface area contributed by atoms with E-state index in [0.29, 0.717) is 24.3 Å². The SMILES string of the molecule is C=CCOC(=O)N1C[C@@H](SC2=C(C(=O)O)N3C(=O)[C@H]([C@@H](C)O)[C@H]3[C@H]2C)C[C@H]1Cc1ccnn1C. The Hall–Kier alpha value is -2.79. The minimum Gasteiger partial charge on any atom is -0.477 e. The van der Waals surface area contributed by atoms with Crippen molar-refractivity contribution in [2.24, 2.45) is 18.9 Å². The summed E-state index contributed by atoms with van der Waals surface area (Å²) in [6.07, 6.45) is 3.17. The lowest BCUT2D eigenvalue weighted by Crippen LogP contribution is -2.63. The third kappa shape index (κ3) is 4.11. The summed E-state index contributed by atoms with van der Waals surface area (Å²) in [6.45, 7) is 7.55. The van der Waals surface area contributed by atoms with E-state index in [1.54, 1.807) is 22.7 Å². The predicted molar refractivity (Wildman–Crippen MR) is 125 cm³/mol. The van der Waals surface area contributed by atoms with Crippen LogP contribution in [0.2, 0.25) is 0 Å². The molecule has 0 spiro atoms. The highest BCUT2D eigenvalue weighted by molar-refractivity contribution is 8.03. The van der Waals surface area contributed by atoms with Crippen LogP contribution in [0.3, 0.4) is 0 Å². The van der Waals surface area contributed by atoms with Crippen LogP contribution >= 0.6 is 11.8 Å². The molecule has 184 valence electrons. The number of aromatic nitrogens is 2. The van der Waals surface area contributed by atoms with E-state index in [1.165, 1.54) is 22.7 Å². The van der Waals surface area contributed by atoms with E-state index >= 15 is 0 Å². The number of aryl methyl sites for hydroxylation is 1. The maximum absolute atomic E-state index is 12.8. The maximum Gasteiger partial charge on any atom is 0.410 e. The van der Waals surface area contributed by atoms with Gasteiger partial charge in [0.25, 0.3) is 0 Å². The number of carboxylic acids is 1. The number of β-lactam (4-membered cyclic amide) rings is 1. The van der Waals surface area contributed by atoms with E-state index in [4.69, 9.17) is 4.74 Å². The van der Waals surface area contributed by atoms with Gasteiger partial charge < -0.3 is 24.7 Å². The lowest BCUT2D eigenvalue weighted by Gasteiger charge is -2.46. The number of hydrogen-bond donors (Lipinski definition) is 2. The Kier molecular flexibility index (Phi) is 6.77. The molecule has 2 saturated heterocycles. The minimum absolute atomic E-state index is 0.000249. The molecule has 2 fully saturated rings. The number of carboxylic acid groups (broad SMARTS) is 1. The maximum atomic E-state index is 12.8. The zero-order chi connectivity index (χ0) is 24.7. The fraction of sp³-hybridized carbons (Fsp3) is 0.565. The lowest BCUT2D eigenvalue weighted by molar-refractivity contribution is -0.163. The van der Waals surface area contributed by atoms with Crippen LogP contribution in [-0.4, -0.2) is 84.4 Å². The number of likely N-dealkylation sites (tertiary alicyclic amines) is 1. The van der Waals surface area contributed by atoms with Gasteiger partial charge in [-0.3, -0.25) is 9.48 Å². The molecular formula is C23H30N4O6S. The number of nitrogens with zero attached hydrogens (tertiary/aromatic N) is 4. The molecule has 3 aliphatic rings. The molecule has 34 heavy (non-hydrogen) atoms. The number of amides is 2. The molecule has 0 radical (unpaired) electrons. The minimum atomic E-state index is -1.15. The fourth-order valence-electron chi connectivity index (χ4n) is 5.29. The number of carbonyl (C=O) groups is 3. The van der Waals surface area contributed by atoms with E-state index < -0.39 is 24.1 Å². The summed E-state index contributed by atoms with van der Waals surface area (Å²) in [5.41, 5.74) is 0.978. The summed E-state index contributed by atoms with van der Waals surface area (Å²) < 4.78 is 7.07. The van der Waals surface area contributed by atoms with Crippen LogP contribution in [0.1, 0.15) is 26.0 Å². The number of aliphatic carboxylic acids is 1. The van der Waals surface area contributed by atoms with Crippen molar-refractivity contribution in [1.29, 1.82) is 0 Å². The smallest absolute Gasteiger partial charge is 0.410 e. The molecule has 3 aliphatic heterocycles. The predicted octanol–water partition coefficient (Wildman–Crippen LogP) is 1.61. The van der Waals surface area contributed by atoms with Crippen LogP contribution in [-0.2, 0) is 27.8 Å². The van der Waals surface area contributed by atoms with Gasteiger partial charge in [-0.05, 0) is 19.4 Å². The Balaban J connectivity index is 1.56. The van der Waals surface area contributed by atoms with E-state index in [-0.39, 0.29) is 41.5 Å². The summed E-state index contributed by atoms with van der Waals surface area (Å²) in [7, 11) is 1.85. The van der Waals surface area contributed by atoms with Crippen molar-refractivity contribution >= 4 is 29.7 Å². The Morgan fingerprint density at radius 1 is 1.44 bits per heavy atom. The molecule has 10 nitrogen and oxygen atoms in total. The van der Waals surface area contributed by atoms with Gasteiger partial charge in [0, 0.05) is 54.0 Å². The highest BCUT2D eigenvalue weighted by atomic mass is 32.2. The van der Waals surface area contributed by atoms with Gasteiger partial charge >= 0.3 is 12.1 Å². The van der Waals surface area contributed by atoms with Crippen LogP contribution in [0.25, 0.3) is 0 Å². The van der Waals surface area contributed by atoms with Crippen molar-refractivity contribution in [2.75, 3.05) is 13.2 Å². The highest BCUT2D eigenvalue weighted by Crippen LogP contribution is 2.52. The van der Waals surface area contributed by atoms with Crippen molar-refractivity contribution in [2.45, 2.75) is 50.1 Å². The first-order valence-corrected chi connectivity index (χ1v) is 12.2. The number of aliphatic hydroxyl groups excluding tert-OH is 1. The molecule has 0 saturated carbocycles. The topological polar surface area (TPSA) is 125 Å². The lowest BCUT2D eigenvalue weighted by atomic mass is 9.79. The van der Waals surface area contributed by atoms with Crippen molar-refractivity contribution < 1.29 is 29.3 Å². The average molecular weight is 491 g/mol. The molecule has 6 atom stereocenters. The monoisotopic (exact) mass is 490 g/mol. The summed E-state index contributed by atoms with van der Waals surface area (Å²) in [5, 5.41) is 24.1. The molecule has 0 unspecified atom stereocenters. The number of hydrogen-bond acceptors (Lipinski definition) is 7. The Labute approximate surface area is 202 Å². The second-order valence-corrected chi connectivity index (χ2v) is 10.4. The van der Waals surface area contributed by atoms with Gasteiger partial charge in [-0.15, -0.1) is 11.8 Å². The summed E-state index contributed by atoms with van der Waals surface area (Å²) in [5.74, 6) is -2.32. The average Bonchev–Trinajstić information content (AvgIpc) is 3.43. The highest BCUT2D eigenvalue weighted by Gasteiger charge is 2.60. The van der Waals surface area contributed by atoms with Gasteiger partial charge in [-0.25, -0.2) is 9.59 Å². The van der Waals surface area contributed by atoms with Crippen LogP contribution in [0.4, 0.5) is 4.79 Å². The molecule has 4 rings (SSSR count). The zero-order valence-corrected chi connectivity index (χ0v) is 20.3. The van der Waals surface area contributed by atoms with E-state index in [0.717, 1.165) is 5.69 Å². The number of carbonyl (C=O) groups excluding carboxylic acids is 2. The van der Waals surface area contributed by atoms with Gasteiger partial charge in [0.2, 0.25) is 5.91 Å². The molecule has 0 bridgehead atoms. The van der Waals surface area contributed by atoms with E-state index in [2.05, 4.69) is 11.7 Å². The Morgan fingerprint density at radius 2 is 2.18 bits per heavy atom. The Morgan fingerprint density at radius 3 is 2.76 bits per heavy atom. The van der Waals surface area contributed by atoms with Crippen LogP contribution in [0, 0.1) is 11.8 Å². The van der Waals surface area contributed by atoms with Crippen molar-refractivity contribution in [1.82, 2.24) is 19.6 Å². The van der Waals surface area contributed by atoms with Crippen LogP contribution < -0.4 is 0 Å². The molecule has 2 N–H and O–H groups in total. The van der Waals surface area contributed by atoms with Crippen molar-refractivity contribution in [3.05, 3.63) is 41.2 Å². The number of ether oxygens (including phenoxy) is 1. The number of thioether (sulfide) groups is 1. The number of aliphatic hydroxyl groups is 1. The van der Waals surface area contributed by atoms with Crippen molar-refractivity contribution in [3.8, 4) is 0 Å². The number of fused-ring (bicyclic) bond motifs is 1. The quantitative estimate of drug-likeness (QED) is 0.416. The first-order chi connectivity index (χ1) is 16.1. The van der Waals surface area contributed by atoms with Crippen LogP contribution in [0.5, 0.6) is 0 Å². The third-order valence-corrected chi connectivity index (χ3v) is 8.40. The molecule has 1 aromatic rings. The summed E-state index contributed by atoms with van der Waals surface area (Å²) in [4.78, 5) is 41.1. The fourth-order valence-corrected chi connectivity index (χ4v) is 6.85. The zero-order valence-electron chi connectivity index (χ0n) is 19.5. The second-order valence-electron chi connectivity index (χ2n) is 9.07. The summed E-state index contributed by atoms with van der Waals surface area (Å²) in [6, 6.07) is 1.41. The number of rotatable bonds is 8. The molecule has 1 aromatic heterocycles.